The van der Waals surface area contributed by atoms with Gasteiger partial charge in [0.05, 0.1) is 5.92 Å². The van der Waals surface area contributed by atoms with Crippen LogP contribution in [0.3, 0.4) is 0 Å². The minimum absolute atomic E-state index is 0.0320. The van der Waals surface area contributed by atoms with Crippen molar-refractivity contribution < 1.29 is 18.7 Å². The van der Waals surface area contributed by atoms with E-state index in [2.05, 4.69) is 0 Å². The lowest BCUT2D eigenvalue weighted by atomic mass is 9.94. The third kappa shape index (κ3) is 5.12. The Morgan fingerprint density at radius 2 is 1.81 bits per heavy atom. The molecule has 1 atom stereocenters. The van der Waals surface area contributed by atoms with Crippen molar-refractivity contribution in [1.29, 1.82) is 0 Å². The van der Waals surface area contributed by atoms with Crippen molar-refractivity contribution in [2.75, 3.05) is 0 Å². The molecule has 3 nitrogen and oxygen atoms in total. The van der Waals surface area contributed by atoms with Gasteiger partial charge in [-0.15, -0.1) is 11.3 Å². The largest absolute Gasteiger partial charge is 0.460 e. The maximum absolute atomic E-state index is 14.2. The maximum atomic E-state index is 14.2. The Kier molecular flexibility index (Phi) is 6.77. The number of hydrogen-bond acceptors (Lipinski definition) is 4. The van der Waals surface area contributed by atoms with Crippen molar-refractivity contribution >= 4 is 39.0 Å². The van der Waals surface area contributed by atoms with Crippen LogP contribution in [-0.4, -0.2) is 5.97 Å². The number of thiophene rings is 1. The second kappa shape index (κ2) is 9.72. The summed E-state index contributed by atoms with van der Waals surface area (Å²) in [5.74, 6) is -0.514. The fraction of sp³-hybridized carbons (Fsp3) is 0.192. The molecule has 0 radical (unpaired) electrons. The van der Waals surface area contributed by atoms with Crippen molar-refractivity contribution in [3.63, 3.8) is 0 Å². The monoisotopic (exact) mass is 468 g/mol. The summed E-state index contributed by atoms with van der Waals surface area (Å²) in [7, 11) is 0. The zero-order valence-electron chi connectivity index (χ0n) is 17.7. The first-order chi connectivity index (χ1) is 15.4. The Morgan fingerprint density at radius 3 is 2.56 bits per heavy atom. The van der Waals surface area contributed by atoms with Crippen LogP contribution >= 0.6 is 22.9 Å². The average Bonchev–Trinajstić information content (AvgIpc) is 3.17. The summed E-state index contributed by atoms with van der Waals surface area (Å²) >= 11 is 7.67. The zero-order chi connectivity index (χ0) is 22.7. The second-order valence-electron chi connectivity index (χ2n) is 7.84. The van der Waals surface area contributed by atoms with Crippen LogP contribution in [0.1, 0.15) is 30.2 Å². The smallest absolute Gasteiger partial charge is 0.314 e. The van der Waals surface area contributed by atoms with Crippen LogP contribution in [0.15, 0.2) is 72.8 Å². The number of para-hydroxylation sites is 1. The van der Waals surface area contributed by atoms with Crippen molar-refractivity contribution in [3.05, 3.63) is 94.1 Å². The van der Waals surface area contributed by atoms with E-state index in [4.69, 9.17) is 21.1 Å². The molecule has 0 aliphatic heterocycles. The van der Waals surface area contributed by atoms with Crippen molar-refractivity contribution in [3.8, 4) is 11.5 Å². The maximum Gasteiger partial charge on any atom is 0.314 e. The predicted octanol–water partition coefficient (Wildman–Crippen LogP) is 7.97. The molecule has 0 fully saturated rings. The molecule has 4 rings (SSSR count). The molecule has 0 spiro atoms. The molecule has 1 heterocycles. The number of esters is 1. The van der Waals surface area contributed by atoms with E-state index in [9.17, 15) is 9.18 Å². The van der Waals surface area contributed by atoms with Gasteiger partial charge >= 0.3 is 5.97 Å². The normalized spacial score (nSPS) is 12.2. The summed E-state index contributed by atoms with van der Waals surface area (Å²) < 4.78 is 26.5. The summed E-state index contributed by atoms with van der Waals surface area (Å²) in [5.41, 5.74) is 0.649. The molecule has 0 aliphatic carbocycles. The van der Waals surface area contributed by atoms with Gasteiger partial charge in [0.25, 0.3) is 0 Å². The fourth-order valence-electron chi connectivity index (χ4n) is 3.48. The first kappa shape index (κ1) is 22.3. The molecule has 1 aromatic heterocycles. The lowest BCUT2D eigenvalue weighted by Gasteiger charge is -2.18. The molecule has 164 valence electrons. The summed E-state index contributed by atoms with van der Waals surface area (Å²) in [4.78, 5) is 13.9. The number of carbonyl (C=O) groups is 1. The van der Waals surface area contributed by atoms with Gasteiger partial charge in [0.15, 0.2) is 11.6 Å². The van der Waals surface area contributed by atoms with Gasteiger partial charge in [-0.2, -0.15) is 0 Å². The van der Waals surface area contributed by atoms with E-state index in [1.807, 2.05) is 56.3 Å². The molecule has 0 saturated heterocycles. The number of hydrogen-bond donors (Lipinski definition) is 0. The topological polar surface area (TPSA) is 35.5 Å². The third-order valence-corrected chi connectivity index (χ3v) is 6.51. The van der Waals surface area contributed by atoms with Gasteiger partial charge in [-0.3, -0.25) is 4.79 Å². The van der Waals surface area contributed by atoms with Crippen LogP contribution in [0.2, 0.25) is 5.02 Å². The number of halogens is 2. The number of ether oxygens (including phenoxy) is 2. The summed E-state index contributed by atoms with van der Waals surface area (Å²) in [6.45, 7) is 4.02. The van der Waals surface area contributed by atoms with E-state index in [-0.39, 0.29) is 24.2 Å². The number of carbonyl (C=O) groups excluding carboxylic acids is 1. The van der Waals surface area contributed by atoms with Gasteiger partial charge in [-0.25, -0.2) is 4.39 Å². The molecular formula is C26H22ClFO3S. The molecule has 0 N–H and O–H groups in total. The van der Waals surface area contributed by atoms with Crippen LogP contribution in [0.5, 0.6) is 11.5 Å². The molecule has 0 saturated carbocycles. The summed E-state index contributed by atoms with van der Waals surface area (Å²) in [6.07, 6.45) is 0. The van der Waals surface area contributed by atoms with Crippen molar-refractivity contribution in [1.82, 2.24) is 0 Å². The van der Waals surface area contributed by atoms with E-state index >= 15 is 0 Å². The van der Waals surface area contributed by atoms with E-state index < -0.39 is 11.7 Å². The van der Waals surface area contributed by atoms with E-state index in [1.165, 1.54) is 6.07 Å². The van der Waals surface area contributed by atoms with Gasteiger partial charge in [-0.1, -0.05) is 49.7 Å². The minimum Gasteiger partial charge on any atom is -0.460 e. The third-order valence-electron chi connectivity index (χ3n) is 5.07. The highest BCUT2D eigenvalue weighted by molar-refractivity contribution is 7.19. The fourth-order valence-corrected chi connectivity index (χ4v) is 4.97. The molecule has 0 bridgehead atoms. The summed E-state index contributed by atoms with van der Waals surface area (Å²) in [6, 6.07) is 21.1. The number of benzene rings is 3. The Hall–Kier alpha value is -2.89. The van der Waals surface area contributed by atoms with E-state index in [1.54, 1.807) is 35.6 Å². The van der Waals surface area contributed by atoms with Crippen molar-refractivity contribution in [2.45, 2.75) is 26.4 Å². The van der Waals surface area contributed by atoms with Gasteiger partial charge in [0.1, 0.15) is 12.4 Å². The molecular weight excluding hydrogens is 447 g/mol. The zero-order valence-corrected chi connectivity index (χ0v) is 19.3. The molecule has 4 aromatic rings. The van der Waals surface area contributed by atoms with E-state index in [0.717, 1.165) is 15.0 Å². The highest BCUT2D eigenvalue weighted by Gasteiger charge is 2.28. The highest BCUT2D eigenvalue weighted by Crippen LogP contribution is 2.37. The summed E-state index contributed by atoms with van der Waals surface area (Å²) in [5, 5.41) is 1.67. The Balaban J connectivity index is 1.49. The number of fused-ring (bicyclic) bond motifs is 1. The Labute approximate surface area is 195 Å². The molecule has 0 amide bonds. The SMILES string of the molecule is CC(C)C(C(=O)OCc1ccc(F)c(Oc2ccccc2)c1)c1cc2cc(Cl)ccc2s1. The predicted molar refractivity (Wildman–Crippen MR) is 127 cm³/mol. The van der Waals surface area contributed by atoms with Gasteiger partial charge < -0.3 is 9.47 Å². The number of rotatable bonds is 7. The Bertz CT molecular complexity index is 1240. The van der Waals surface area contributed by atoms with Crippen LogP contribution in [-0.2, 0) is 16.1 Å². The van der Waals surface area contributed by atoms with Crippen LogP contribution < -0.4 is 4.74 Å². The molecule has 3 aromatic carbocycles. The van der Waals surface area contributed by atoms with Gasteiger partial charge in [0.2, 0.25) is 0 Å². The lowest BCUT2D eigenvalue weighted by molar-refractivity contribution is -0.147. The van der Waals surface area contributed by atoms with Crippen LogP contribution in [0.4, 0.5) is 4.39 Å². The van der Waals surface area contributed by atoms with Crippen molar-refractivity contribution in [2.24, 2.45) is 5.92 Å². The standard InChI is InChI=1S/C26H22ClFO3S/c1-16(2)25(24-14-18-13-19(27)9-11-23(18)32-24)26(29)30-15-17-8-10-21(28)22(12-17)31-20-6-4-3-5-7-20/h3-14,16,25H,15H2,1-2H3. The Morgan fingerprint density at radius 1 is 1.03 bits per heavy atom. The lowest BCUT2D eigenvalue weighted by Crippen LogP contribution is -2.20. The van der Waals surface area contributed by atoms with E-state index in [0.29, 0.717) is 16.3 Å². The van der Waals surface area contributed by atoms with Gasteiger partial charge in [0, 0.05) is 14.6 Å². The average molecular weight is 469 g/mol. The second-order valence-corrected chi connectivity index (χ2v) is 9.39. The first-order valence-electron chi connectivity index (χ1n) is 10.3. The van der Waals surface area contributed by atoms with Crippen LogP contribution in [0, 0.1) is 11.7 Å². The first-order valence-corrected chi connectivity index (χ1v) is 11.5. The molecule has 6 heteroatoms. The van der Waals surface area contributed by atoms with Crippen LogP contribution in [0.25, 0.3) is 10.1 Å². The quantitative estimate of drug-likeness (QED) is 0.258. The molecule has 32 heavy (non-hydrogen) atoms. The minimum atomic E-state index is -0.479. The van der Waals surface area contributed by atoms with Gasteiger partial charge in [-0.05, 0) is 65.4 Å². The highest BCUT2D eigenvalue weighted by atomic mass is 35.5. The molecule has 0 aliphatic rings. The molecule has 1 unspecified atom stereocenters.